The highest BCUT2D eigenvalue weighted by Gasteiger charge is 1.98. The largest absolute Gasteiger partial charge is 0.394 e. The van der Waals surface area contributed by atoms with Gasteiger partial charge in [0, 0.05) is 29.9 Å². The van der Waals surface area contributed by atoms with Gasteiger partial charge in [-0.25, -0.2) is 0 Å². The molecule has 18 heavy (non-hydrogen) atoms. The standard InChI is InChI=1S/C13H16ClN3O/c14-13-3-1-2-11(6-13)7-15-8-12-9-16-17(10-12)4-5-18/h1-3,6,9-10,15,18H,4-5,7-8H2. The van der Waals surface area contributed by atoms with E-state index in [9.17, 15) is 0 Å². The summed E-state index contributed by atoms with van der Waals surface area (Å²) in [4.78, 5) is 0. The fourth-order valence-electron chi connectivity index (χ4n) is 1.72. The zero-order valence-corrected chi connectivity index (χ0v) is 10.8. The highest BCUT2D eigenvalue weighted by Crippen LogP contribution is 2.10. The molecule has 0 bridgehead atoms. The number of hydrogen-bond donors (Lipinski definition) is 2. The molecule has 2 aromatic rings. The molecule has 0 unspecified atom stereocenters. The Labute approximate surface area is 111 Å². The van der Waals surface area contributed by atoms with Crippen molar-refractivity contribution in [2.75, 3.05) is 6.61 Å². The Kier molecular flexibility index (Phi) is 4.75. The van der Waals surface area contributed by atoms with Crippen molar-refractivity contribution >= 4 is 11.6 Å². The van der Waals surface area contributed by atoms with E-state index in [0.717, 1.165) is 29.2 Å². The first-order chi connectivity index (χ1) is 8.78. The average Bonchev–Trinajstić information content (AvgIpc) is 2.78. The third-order valence-electron chi connectivity index (χ3n) is 2.56. The van der Waals surface area contributed by atoms with Crippen LogP contribution in [0.3, 0.4) is 0 Å². The van der Waals surface area contributed by atoms with Crippen LogP contribution in [0.2, 0.25) is 5.02 Å². The molecule has 0 aliphatic rings. The van der Waals surface area contributed by atoms with Gasteiger partial charge in [-0.3, -0.25) is 4.68 Å². The molecule has 0 amide bonds. The maximum absolute atomic E-state index is 8.79. The van der Waals surface area contributed by atoms with Crippen molar-refractivity contribution in [2.24, 2.45) is 0 Å². The van der Waals surface area contributed by atoms with Crippen LogP contribution < -0.4 is 5.32 Å². The summed E-state index contributed by atoms with van der Waals surface area (Å²) in [6, 6.07) is 7.79. The molecule has 0 atom stereocenters. The number of nitrogens with zero attached hydrogens (tertiary/aromatic N) is 2. The van der Waals surface area contributed by atoms with Crippen LogP contribution in [0, 0.1) is 0 Å². The van der Waals surface area contributed by atoms with Gasteiger partial charge in [-0.2, -0.15) is 5.10 Å². The highest BCUT2D eigenvalue weighted by molar-refractivity contribution is 6.30. The zero-order chi connectivity index (χ0) is 12.8. The number of aliphatic hydroxyl groups is 1. The molecule has 5 heteroatoms. The fraction of sp³-hybridized carbons (Fsp3) is 0.308. The summed E-state index contributed by atoms with van der Waals surface area (Å²) >= 11 is 5.91. The summed E-state index contributed by atoms with van der Waals surface area (Å²) in [5.41, 5.74) is 2.26. The first-order valence-electron chi connectivity index (χ1n) is 5.85. The number of benzene rings is 1. The van der Waals surface area contributed by atoms with E-state index in [1.54, 1.807) is 10.9 Å². The number of aromatic nitrogens is 2. The summed E-state index contributed by atoms with van der Waals surface area (Å²) in [6.07, 6.45) is 3.74. The van der Waals surface area contributed by atoms with E-state index in [0.29, 0.717) is 6.54 Å². The highest BCUT2D eigenvalue weighted by atomic mass is 35.5. The van der Waals surface area contributed by atoms with Crippen LogP contribution in [-0.2, 0) is 19.6 Å². The molecule has 2 N–H and O–H groups in total. The van der Waals surface area contributed by atoms with Gasteiger partial charge in [-0.1, -0.05) is 23.7 Å². The van der Waals surface area contributed by atoms with Crippen LogP contribution in [0.5, 0.6) is 0 Å². The van der Waals surface area contributed by atoms with Gasteiger partial charge in [0.1, 0.15) is 0 Å². The summed E-state index contributed by atoms with van der Waals surface area (Å²) in [5, 5.41) is 17.0. The Morgan fingerprint density at radius 2 is 2.11 bits per heavy atom. The lowest BCUT2D eigenvalue weighted by Crippen LogP contribution is -2.12. The molecule has 0 saturated heterocycles. The smallest absolute Gasteiger partial charge is 0.0640 e. The third-order valence-corrected chi connectivity index (χ3v) is 2.80. The average molecular weight is 266 g/mol. The minimum absolute atomic E-state index is 0.108. The van der Waals surface area contributed by atoms with E-state index >= 15 is 0 Å². The number of nitrogens with one attached hydrogen (secondary N) is 1. The van der Waals surface area contributed by atoms with Crippen LogP contribution in [0.25, 0.3) is 0 Å². The van der Waals surface area contributed by atoms with E-state index in [-0.39, 0.29) is 6.61 Å². The van der Waals surface area contributed by atoms with Crippen molar-refractivity contribution in [1.82, 2.24) is 15.1 Å². The van der Waals surface area contributed by atoms with Gasteiger partial charge in [-0.05, 0) is 17.7 Å². The Morgan fingerprint density at radius 1 is 1.28 bits per heavy atom. The van der Waals surface area contributed by atoms with Gasteiger partial charge in [0.15, 0.2) is 0 Å². The number of aliphatic hydroxyl groups excluding tert-OH is 1. The first kappa shape index (κ1) is 13.1. The van der Waals surface area contributed by atoms with Crippen molar-refractivity contribution in [1.29, 1.82) is 0 Å². The molecule has 0 aliphatic heterocycles. The van der Waals surface area contributed by atoms with Crippen molar-refractivity contribution < 1.29 is 5.11 Å². The van der Waals surface area contributed by atoms with Gasteiger partial charge >= 0.3 is 0 Å². The molecule has 0 saturated carbocycles. The lowest BCUT2D eigenvalue weighted by atomic mass is 10.2. The molecule has 1 heterocycles. The maximum atomic E-state index is 8.79. The Balaban J connectivity index is 1.81. The minimum Gasteiger partial charge on any atom is -0.394 e. The van der Waals surface area contributed by atoms with Crippen LogP contribution >= 0.6 is 11.6 Å². The lowest BCUT2D eigenvalue weighted by Gasteiger charge is -2.03. The number of rotatable bonds is 6. The summed E-state index contributed by atoms with van der Waals surface area (Å²) in [6.45, 7) is 2.16. The fourth-order valence-corrected chi connectivity index (χ4v) is 1.93. The van der Waals surface area contributed by atoms with Crippen LogP contribution in [0.4, 0.5) is 0 Å². The lowest BCUT2D eigenvalue weighted by molar-refractivity contribution is 0.269. The summed E-state index contributed by atoms with van der Waals surface area (Å²) in [7, 11) is 0. The van der Waals surface area contributed by atoms with Gasteiger partial charge in [0.05, 0.1) is 19.3 Å². The third kappa shape index (κ3) is 3.84. The molecule has 4 nitrogen and oxygen atoms in total. The molecule has 0 radical (unpaired) electrons. The quantitative estimate of drug-likeness (QED) is 0.838. The maximum Gasteiger partial charge on any atom is 0.0640 e. The minimum atomic E-state index is 0.108. The van der Waals surface area contributed by atoms with Gasteiger partial charge in [0.2, 0.25) is 0 Å². The van der Waals surface area contributed by atoms with Crippen LogP contribution in [0.1, 0.15) is 11.1 Å². The Hall–Kier alpha value is -1.36. The molecule has 1 aromatic heterocycles. The second-order valence-electron chi connectivity index (χ2n) is 4.07. The van der Waals surface area contributed by atoms with Crippen LogP contribution in [0.15, 0.2) is 36.7 Å². The van der Waals surface area contributed by atoms with E-state index in [1.165, 1.54) is 0 Å². The SMILES string of the molecule is OCCn1cc(CNCc2cccc(Cl)c2)cn1. The Morgan fingerprint density at radius 3 is 2.89 bits per heavy atom. The van der Waals surface area contributed by atoms with E-state index < -0.39 is 0 Å². The second kappa shape index (κ2) is 6.54. The van der Waals surface area contributed by atoms with Gasteiger partial charge in [-0.15, -0.1) is 0 Å². The zero-order valence-electron chi connectivity index (χ0n) is 10.0. The monoisotopic (exact) mass is 265 g/mol. The topological polar surface area (TPSA) is 50.1 Å². The predicted octanol–water partition coefficient (Wildman–Crippen LogP) is 1.82. The summed E-state index contributed by atoms with van der Waals surface area (Å²) < 4.78 is 1.73. The van der Waals surface area contributed by atoms with Crippen molar-refractivity contribution in [3.05, 3.63) is 52.8 Å². The summed E-state index contributed by atoms with van der Waals surface area (Å²) in [5.74, 6) is 0. The normalized spacial score (nSPS) is 10.8. The van der Waals surface area contributed by atoms with E-state index in [2.05, 4.69) is 10.4 Å². The number of halogens is 1. The second-order valence-corrected chi connectivity index (χ2v) is 4.51. The van der Waals surface area contributed by atoms with E-state index in [4.69, 9.17) is 16.7 Å². The molecular weight excluding hydrogens is 250 g/mol. The number of hydrogen-bond acceptors (Lipinski definition) is 3. The van der Waals surface area contributed by atoms with Crippen molar-refractivity contribution in [3.63, 3.8) is 0 Å². The van der Waals surface area contributed by atoms with E-state index in [1.807, 2.05) is 30.5 Å². The molecule has 96 valence electrons. The molecule has 0 spiro atoms. The van der Waals surface area contributed by atoms with Gasteiger partial charge < -0.3 is 10.4 Å². The van der Waals surface area contributed by atoms with Gasteiger partial charge in [0.25, 0.3) is 0 Å². The molecule has 1 aromatic carbocycles. The predicted molar refractivity (Wildman–Crippen MR) is 71.3 cm³/mol. The van der Waals surface area contributed by atoms with Crippen molar-refractivity contribution in [3.8, 4) is 0 Å². The molecule has 0 aliphatic carbocycles. The Bertz CT molecular complexity index is 498. The molecular formula is C13H16ClN3O. The molecule has 0 fully saturated rings. The first-order valence-corrected chi connectivity index (χ1v) is 6.23. The van der Waals surface area contributed by atoms with Crippen LogP contribution in [-0.4, -0.2) is 21.5 Å². The van der Waals surface area contributed by atoms with Crippen molar-refractivity contribution in [2.45, 2.75) is 19.6 Å². The molecule has 2 rings (SSSR count).